The van der Waals surface area contributed by atoms with Crippen LogP contribution >= 0.6 is 0 Å². The fraction of sp³-hybridized carbons (Fsp3) is 0.818. The number of carboxylic acids is 1. The third-order valence-corrected chi connectivity index (χ3v) is 2.77. The molecule has 0 bridgehead atoms. The highest BCUT2D eigenvalue weighted by atomic mass is 16.4. The smallest absolute Gasteiger partial charge is 0.308 e. The van der Waals surface area contributed by atoms with Gasteiger partial charge in [0, 0.05) is 19.0 Å². The lowest BCUT2D eigenvalue weighted by Gasteiger charge is -2.19. The second-order valence-electron chi connectivity index (χ2n) is 4.27. The van der Waals surface area contributed by atoms with Crippen molar-refractivity contribution < 1.29 is 14.7 Å². The molecule has 0 rings (SSSR count). The molecule has 4 N–H and O–H groups in total. The molecule has 0 aromatic carbocycles. The zero-order chi connectivity index (χ0) is 12.7. The van der Waals surface area contributed by atoms with Crippen LogP contribution in [0.2, 0.25) is 0 Å². The van der Waals surface area contributed by atoms with Crippen molar-refractivity contribution in [2.45, 2.75) is 27.2 Å². The lowest BCUT2D eigenvalue weighted by atomic mass is 9.95. The molecule has 1 amide bonds. The topological polar surface area (TPSA) is 92.4 Å². The van der Waals surface area contributed by atoms with E-state index < -0.39 is 11.9 Å². The summed E-state index contributed by atoms with van der Waals surface area (Å²) in [4.78, 5) is 22.5. The molecule has 0 aliphatic carbocycles. The average molecular weight is 230 g/mol. The Labute approximate surface area is 96.4 Å². The Hall–Kier alpha value is -1.10. The Balaban J connectivity index is 4.20. The largest absolute Gasteiger partial charge is 0.481 e. The third kappa shape index (κ3) is 4.61. The van der Waals surface area contributed by atoms with Gasteiger partial charge in [-0.05, 0) is 12.3 Å². The van der Waals surface area contributed by atoms with Gasteiger partial charge in [0.2, 0.25) is 5.91 Å². The van der Waals surface area contributed by atoms with E-state index in [1.807, 2.05) is 20.8 Å². The van der Waals surface area contributed by atoms with Gasteiger partial charge in [0.15, 0.2) is 0 Å². The van der Waals surface area contributed by atoms with Gasteiger partial charge >= 0.3 is 5.97 Å². The summed E-state index contributed by atoms with van der Waals surface area (Å²) in [5.41, 5.74) is 5.43. The molecule has 0 aliphatic heterocycles. The number of rotatable bonds is 7. The van der Waals surface area contributed by atoms with Crippen LogP contribution in [-0.2, 0) is 9.59 Å². The minimum atomic E-state index is -0.879. The van der Waals surface area contributed by atoms with Crippen LogP contribution in [0.3, 0.4) is 0 Å². The maximum Gasteiger partial charge on any atom is 0.308 e. The highest BCUT2D eigenvalue weighted by Gasteiger charge is 2.23. The molecule has 0 fully saturated rings. The second kappa shape index (κ2) is 7.22. The fourth-order valence-electron chi connectivity index (χ4n) is 1.42. The van der Waals surface area contributed by atoms with Gasteiger partial charge in [-0.3, -0.25) is 9.59 Å². The summed E-state index contributed by atoms with van der Waals surface area (Å²) in [5.74, 6) is -1.80. The summed E-state index contributed by atoms with van der Waals surface area (Å²) in [6, 6.07) is 0. The van der Waals surface area contributed by atoms with Gasteiger partial charge in [-0.25, -0.2) is 0 Å². The fourth-order valence-corrected chi connectivity index (χ4v) is 1.42. The van der Waals surface area contributed by atoms with Crippen molar-refractivity contribution >= 4 is 11.9 Å². The molecule has 0 radical (unpaired) electrons. The van der Waals surface area contributed by atoms with Gasteiger partial charge in [-0.2, -0.15) is 0 Å². The molecule has 0 heterocycles. The molecule has 2 unspecified atom stereocenters. The van der Waals surface area contributed by atoms with Gasteiger partial charge in [0.25, 0.3) is 0 Å². The maximum absolute atomic E-state index is 11.6. The van der Waals surface area contributed by atoms with Crippen LogP contribution in [0.15, 0.2) is 0 Å². The standard InChI is InChI=1S/C11H22N2O3/c1-4-8(5-12)10(14)13-6-9(7(2)3)11(15)16/h7-9H,4-6,12H2,1-3H3,(H,13,14)(H,15,16). The zero-order valence-electron chi connectivity index (χ0n) is 10.2. The molecular weight excluding hydrogens is 208 g/mol. The Bertz CT molecular complexity index is 237. The van der Waals surface area contributed by atoms with Gasteiger partial charge in [0.1, 0.15) is 0 Å². The molecular formula is C11H22N2O3. The molecule has 2 atom stereocenters. The molecule has 0 saturated carbocycles. The highest BCUT2D eigenvalue weighted by Crippen LogP contribution is 2.10. The van der Waals surface area contributed by atoms with Crippen molar-refractivity contribution in [3.05, 3.63) is 0 Å². The van der Waals surface area contributed by atoms with E-state index in [1.165, 1.54) is 0 Å². The first-order chi connectivity index (χ1) is 7.43. The van der Waals surface area contributed by atoms with E-state index in [9.17, 15) is 9.59 Å². The van der Waals surface area contributed by atoms with Crippen LogP contribution in [0.5, 0.6) is 0 Å². The SMILES string of the molecule is CCC(CN)C(=O)NCC(C(=O)O)C(C)C. The van der Waals surface area contributed by atoms with Crippen LogP contribution < -0.4 is 11.1 Å². The lowest BCUT2D eigenvalue weighted by molar-refractivity contribution is -0.143. The number of carbonyl (C=O) groups is 2. The van der Waals surface area contributed by atoms with Crippen molar-refractivity contribution in [2.75, 3.05) is 13.1 Å². The first kappa shape index (κ1) is 14.9. The summed E-state index contributed by atoms with van der Waals surface area (Å²) < 4.78 is 0. The number of hydrogen-bond acceptors (Lipinski definition) is 3. The number of carboxylic acid groups (broad SMARTS) is 1. The van der Waals surface area contributed by atoms with Gasteiger partial charge in [-0.15, -0.1) is 0 Å². The van der Waals surface area contributed by atoms with E-state index in [0.29, 0.717) is 13.0 Å². The molecule has 0 aliphatic rings. The molecule has 0 aromatic heterocycles. The molecule has 16 heavy (non-hydrogen) atoms. The van der Waals surface area contributed by atoms with E-state index in [2.05, 4.69) is 5.32 Å². The monoisotopic (exact) mass is 230 g/mol. The van der Waals surface area contributed by atoms with Crippen LogP contribution in [0.4, 0.5) is 0 Å². The summed E-state index contributed by atoms with van der Waals surface area (Å²) in [7, 11) is 0. The van der Waals surface area contributed by atoms with Crippen molar-refractivity contribution in [1.82, 2.24) is 5.32 Å². The normalized spacial score (nSPS) is 14.6. The van der Waals surface area contributed by atoms with Crippen molar-refractivity contribution in [3.63, 3.8) is 0 Å². The highest BCUT2D eigenvalue weighted by molar-refractivity contribution is 5.79. The van der Waals surface area contributed by atoms with Crippen LogP contribution in [-0.4, -0.2) is 30.1 Å². The van der Waals surface area contributed by atoms with Gasteiger partial charge in [0.05, 0.1) is 5.92 Å². The van der Waals surface area contributed by atoms with Crippen molar-refractivity contribution in [1.29, 1.82) is 0 Å². The Morgan fingerprint density at radius 3 is 2.25 bits per heavy atom. The van der Waals surface area contributed by atoms with E-state index >= 15 is 0 Å². The van der Waals surface area contributed by atoms with E-state index in [-0.39, 0.29) is 24.3 Å². The predicted molar refractivity (Wildman–Crippen MR) is 61.8 cm³/mol. The summed E-state index contributed by atoms with van der Waals surface area (Å²) in [6.07, 6.45) is 0.668. The lowest BCUT2D eigenvalue weighted by Crippen LogP contribution is -2.40. The molecule has 0 spiro atoms. The summed E-state index contributed by atoms with van der Waals surface area (Å²) in [6.45, 7) is 5.99. The molecule has 94 valence electrons. The first-order valence-electron chi connectivity index (χ1n) is 5.64. The molecule has 0 aromatic rings. The quantitative estimate of drug-likeness (QED) is 0.592. The van der Waals surface area contributed by atoms with Gasteiger partial charge in [-0.1, -0.05) is 20.8 Å². The number of aliphatic carboxylic acids is 1. The number of hydrogen-bond donors (Lipinski definition) is 3. The van der Waals surface area contributed by atoms with Crippen molar-refractivity contribution in [2.24, 2.45) is 23.5 Å². The first-order valence-corrected chi connectivity index (χ1v) is 5.64. The maximum atomic E-state index is 11.6. The predicted octanol–water partition coefficient (Wildman–Crippen LogP) is 0.444. The minimum absolute atomic E-state index is 0.00393. The average Bonchev–Trinajstić information content (AvgIpc) is 2.18. The number of nitrogens with one attached hydrogen (secondary N) is 1. The second-order valence-corrected chi connectivity index (χ2v) is 4.27. The summed E-state index contributed by atoms with van der Waals surface area (Å²) >= 11 is 0. The zero-order valence-corrected chi connectivity index (χ0v) is 10.2. The van der Waals surface area contributed by atoms with E-state index in [1.54, 1.807) is 0 Å². The van der Waals surface area contributed by atoms with Crippen LogP contribution in [0, 0.1) is 17.8 Å². The Morgan fingerprint density at radius 1 is 1.38 bits per heavy atom. The molecule has 5 nitrogen and oxygen atoms in total. The number of carbonyl (C=O) groups excluding carboxylic acids is 1. The van der Waals surface area contributed by atoms with E-state index in [4.69, 9.17) is 10.8 Å². The van der Waals surface area contributed by atoms with E-state index in [0.717, 1.165) is 0 Å². The summed E-state index contributed by atoms with van der Waals surface area (Å²) in [5, 5.41) is 11.6. The van der Waals surface area contributed by atoms with Crippen LogP contribution in [0.1, 0.15) is 27.2 Å². The number of nitrogens with two attached hydrogens (primary N) is 1. The Morgan fingerprint density at radius 2 is 1.94 bits per heavy atom. The third-order valence-electron chi connectivity index (χ3n) is 2.77. The van der Waals surface area contributed by atoms with Crippen LogP contribution in [0.25, 0.3) is 0 Å². The Kier molecular flexibility index (Phi) is 6.72. The molecule has 0 saturated heterocycles. The molecule has 5 heteroatoms. The minimum Gasteiger partial charge on any atom is -0.481 e. The van der Waals surface area contributed by atoms with Gasteiger partial charge < -0.3 is 16.2 Å². The van der Waals surface area contributed by atoms with Crippen molar-refractivity contribution in [3.8, 4) is 0 Å². The number of amides is 1.